The number of aromatic nitrogens is 2. The number of imidazole rings is 1. The first-order valence-corrected chi connectivity index (χ1v) is 6.41. The minimum Gasteiger partial charge on any atom is -0.329 e. The van der Waals surface area contributed by atoms with Crippen LogP contribution in [0.4, 0.5) is 4.39 Å². The summed E-state index contributed by atoms with van der Waals surface area (Å²) in [6, 6.07) is 5.35. The van der Waals surface area contributed by atoms with Gasteiger partial charge >= 0.3 is 0 Å². The van der Waals surface area contributed by atoms with Gasteiger partial charge in [0, 0.05) is 24.1 Å². The van der Waals surface area contributed by atoms with Crippen molar-refractivity contribution in [1.82, 2.24) is 9.55 Å². The maximum atomic E-state index is 13.3. The normalized spacial score (nSPS) is 16.4. The first-order valence-electron chi connectivity index (χ1n) is 6.41. The Morgan fingerprint density at radius 2 is 2.17 bits per heavy atom. The minimum absolute atomic E-state index is 0.182. The van der Waals surface area contributed by atoms with Crippen LogP contribution in [-0.4, -0.2) is 16.1 Å². The molecule has 96 valence electrons. The van der Waals surface area contributed by atoms with Crippen LogP contribution in [0.25, 0.3) is 11.0 Å². The molecule has 0 atom stereocenters. The van der Waals surface area contributed by atoms with E-state index in [1.165, 1.54) is 25.0 Å². The lowest BCUT2D eigenvalue weighted by atomic mass is 9.92. The highest BCUT2D eigenvalue weighted by molar-refractivity contribution is 5.76. The maximum Gasteiger partial charge on any atom is 0.125 e. The average Bonchev–Trinajstić information content (AvgIpc) is 3.09. The van der Waals surface area contributed by atoms with Gasteiger partial charge in [-0.05, 0) is 25.0 Å². The Morgan fingerprint density at radius 3 is 2.78 bits per heavy atom. The zero-order valence-electron chi connectivity index (χ0n) is 10.8. The molecule has 0 aliphatic heterocycles. The van der Waals surface area contributed by atoms with Gasteiger partial charge in [0.15, 0.2) is 0 Å². The van der Waals surface area contributed by atoms with Crippen LogP contribution >= 0.6 is 0 Å². The Kier molecular flexibility index (Phi) is 2.45. The number of nitrogens with two attached hydrogens (primary N) is 1. The number of rotatable bonds is 3. The summed E-state index contributed by atoms with van der Waals surface area (Å²) in [6.45, 7) is 4.71. The lowest BCUT2D eigenvalue weighted by Gasteiger charge is -2.23. The van der Waals surface area contributed by atoms with Crippen molar-refractivity contribution in [3.8, 4) is 0 Å². The highest BCUT2D eigenvalue weighted by Crippen LogP contribution is 2.41. The molecular formula is C14H18FN3. The summed E-state index contributed by atoms with van der Waals surface area (Å²) >= 11 is 0. The fourth-order valence-corrected chi connectivity index (χ4v) is 2.34. The van der Waals surface area contributed by atoms with E-state index in [1.54, 1.807) is 0 Å². The van der Waals surface area contributed by atoms with Crippen LogP contribution in [0.3, 0.4) is 0 Å². The first-order chi connectivity index (χ1) is 8.53. The average molecular weight is 247 g/mol. The van der Waals surface area contributed by atoms with Gasteiger partial charge in [0.25, 0.3) is 0 Å². The third kappa shape index (κ3) is 1.72. The molecule has 2 aromatic rings. The summed E-state index contributed by atoms with van der Waals surface area (Å²) in [6.07, 6.45) is 2.35. The van der Waals surface area contributed by atoms with E-state index in [0.717, 1.165) is 16.9 Å². The van der Waals surface area contributed by atoms with Gasteiger partial charge in [-0.1, -0.05) is 13.8 Å². The molecule has 1 aliphatic carbocycles. The van der Waals surface area contributed by atoms with Gasteiger partial charge in [0.2, 0.25) is 0 Å². The van der Waals surface area contributed by atoms with E-state index in [9.17, 15) is 4.39 Å². The Bertz CT molecular complexity index is 596. The van der Waals surface area contributed by atoms with Crippen molar-refractivity contribution in [1.29, 1.82) is 0 Å². The van der Waals surface area contributed by atoms with E-state index >= 15 is 0 Å². The summed E-state index contributed by atoms with van der Waals surface area (Å²) < 4.78 is 15.6. The number of nitrogens with zero attached hydrogens (tertiary/aromatic N) is 2. The molecule has 1 aromatic carbocycles. The standard InChI is InChI=1S/C14H18FN3/c1-14(2,8-16)13-17-11-7-9(15)3-6-12(11)18(13)10-4-5-10/h3,6-7,10H,4-5,8,16H2,1-2H3. The number of halogens is 1. The summed E-state index contributed by atoms with van der Waals surface area (Å²) in [4.78, 5) is 4.62. The van der Waals surface area contributed by atoms with Gasteiger partial charge in [-0.2, -0.15) is 0 Å². The molecule has 3 nitrogen and oxygen atoms in total. The molecule has 2 N–H and O–H groups in total. The molecule has 0 bridgehead atoms. The minimum atomic E-state index is -0.236. The predicted octanol–water partition coefficient (Wildman–Crippen LogP) is 2.75. The number of benzene rings is 1. The zero-order chi connectivity index (χ0) is 12.9. The van der Waals surface area contributed by atoms with Crippen LogP contribution in [0.15, 0.2) is 18.2 Å². The second kappa shape index (κ2) is 3.79. The highest BCUT2D eigenvalue weighted by Gasteiger charge is 2.33. The fourth-order valence-electron chi connectivity index (χ4n) is 2.34. The Balaban J connectivity index is 2.27. The SMILES string of the molecule is CC(C)(CN)c1nc2cc(F)ccc2n1C1CC1. The summed E-state index contributed by atoms with van der Waals surface area (Å²) in [5.41, 5.74) is 7.43. The van der Waals surface area contributed by atoms with Crippen molar-refractivity contribution in [3.63, 3.8) is 0 Å². The highest BCUT2D eigenvalue weighted by atomic mass is 19.1. The van der Waals surface area contributed by atoms with Crippen LogP contribution < -0.4 is 5.73 Å². The van der Waals surface area contributed by atoms with Crippen LogP contribution in [0.2, 0.25) is 0 Å². The molecule has 1 heterocycles. The van der Waals surface area contributed by atoms with Gasteiger partial charge in [-0.25, -0.2) is 9.37 Å². The van der Waals surface area contributed by atoms with Crippen molar-refractivity contribution >= 4 is 11.0 Å². The molecule has 18 heavy (non-hydrogen) atoms. The fraction of sp³-hybridized carbons (Fsp3) is 0.500. The lowest BCUT2D eigenvalue weighted by Crippen LogP contribution is -2.31. The quantitative estimate of drug-likeness (QED) is 0.906. The van der Waals surface area contributed by atoms with E-state index in [0.29, 0.717) is 12.6 Å². The molecule has 1 saturated carbocycles. The lowest BCUT2D eigenvalue weighted by molar-refractivity contribution is 0.473. The van der Waals surface area contributed by atoms with Gasteiger partial charge < -0.3 is 10.3 Å². The Labute approximate surface area is 106 Å². The zero-order valence-corrected chi connectivity index (χ0v) is 10.8. The van der Waals surface area contributed by atoms with Crippen LogP contribution in [0, 0.1) is 5.82 Å². The van der Waals surface area contributed by atoms with Crippen molar-refractivity contribution < 1.29 is 4.39 Å². The number of hydrogen-bond acceptors (Lipinski definition) is 2. The van der Waals surface area contributed by atoms with Crippen LogP contribution in [-0.2, 0) is 5.41 Å². The summed E-state index contributed by atoms with van der Waals surface area (Å²) in [7, 11) is 0. The molecule has 3 rings (SSSR count). The smallest absolute Gasteiger partial charge is 0.125 e. The van der Waals surface area contributed by atoms with Gasteiger partial charge in [0.1, 0.15) is 11.6 Å². The summed E-state index contributed by atoms with van der Waals surface area (Å²) in [5, 5.41) is 0. The van der Waals surface area contributed by atoms with E-state index in [4.69, 9.17) is 5.73 Å². The molecule has 1 fully saturated rings. The van der Waals surface area contributed by atoms with Gasteiger partial charge in [-0.15, -0.1) is 0 Å². The molecule has 1 aliphatic rings. The van der Waals surface area contributed by atoms with Crippen molar-refractivity contribution in [2.75, 3.05) is 6.54 Å². The Morgan fingerprint density at radius 1 is 1.44 bits per heavy atom. The second-order valence-corrected chi connectivity index (χ2v) is 5.76. The van der Waals surface area contributed by atoms with Crippen LogP contribution in [0.5, 0.6) is 0 Å². The predicted molar refractivity (Wildman–Crippen MR) is 70.0 cm³/mol. The van der Waals surface area contributed by atoms with Crippen LogP contribution in [0.1, 0.15) is 38.6 Å². The molecule has 0 unspecified atom stereocenters. The van der Waals surface area contributed by atoms with E-state index in [1.807, 2.05) is 6.07 Å². The second-order valence-electron chi connectivity index (χ2n) is 5.76. The van der Waals surface area contributed by atoms with E-state index in [2.05, 4.69) is 23.4 Å². The molecule has 0 amide bonds. The molecule has 1 aromatic heterocycles. The maximum absolute atomic E-state index is 13.3. The molecule has 0 radical (unpaired) electrons. The number of fused-ring (bicyclic) bond motifs is 1. The van der Waals surface area contributed by atoms with Gasteiger partial charge in [-0.3, -0.25) is 0 Å². The van der Waals surface area contributed by atoms with Crippen molar-refractivity contribution in [2.45, 2.75) is 38.1 Å². The third-order valence-corrected chi connectivity index (χ3v) is 3.68. The van der Waals surface area contributed by atoms with Gasteiger partial charge in [0.05, 0.1) is 11.0 Å². The molecular weight excluding hydrogens is 229 g/mol. The Hall–Kier alpha value is -1.42. The topological polar surface area (TPSA) is 43.8 Å². The molecule has 4 heteroatoms. The number of hydrogen-bond donors (Lipinski definition) is 1. The van der Waals surface area contributed by atoms with E-state index in [-0.39, 0.29) is 11.2 Å². The first kappa shape index (κ1) is 11.7. The largest absolute Gasteiger partial charge is 0.329 e. The molecule has 0 spiro atoms. The monoisotopic (exact) mass is 247 g/mol. The van der Waals surface area contributed by atoms with E-state index < -0.39 is 0 Å². The van der Waals surface area contributed by atoms with Crippen molar-refractivity contribution in [3.05, 3.63) is 29.8 Å². The third-order valence-electron chi connectivity index (χ3n) is 3.68. The molecule has 0 saturated heterocycles. The summed E-state index contributed by atoms with van der Waals surface area (Å²) in [5.74, 6) is 0.744. The van der Waals surface area contributed by atoms with Crippen molar-refractivity contribution in [2.24, 2.45) is 5.73 Å².